The Morgan fingerprint density at radius 2 is 1.70 bits per heavy atom. The summed E-state index contributed by atoms with van der Waals surface area (Å²) in [5, 5.41) is 1.40. The lowest BCUT2D eigenvalue weighted by molar-refractivity contribution is 0.255. The molecule has 2 aromatic rings. The topological polar surface area (TPSA) is 11.4 Å². The van der Waals surface area contributed by atoms with Crippen LogP contribution >= 0.6 is 0 Å². The molecule has 23 heavy (non-hydrogen) atoms. The molecule has 4 rings (SSSR count). The molecule has 2 aliphatic rings. The van der Waals surface area contributed by atoms with E-state index in [-0.39, 0.29) is 0 Å². The van der Waals surface area contributed by atoms with Crippen molar-refractivity contribution in [3.8, 4) is 0 Å². The molecule has 2 saturated heterocycles. The Balaban J connectivity index is 1.67. The summed E-state index contributed by atoms with van der Waals surface area (Å²) in [4.78, 5) is 4.96. The lowest BCUT2D eigenvalue weighted by Crippen LogP contribution is -2.29. The number of hydrogen-bond acceptors (Lipinski definition) is 2. The second kappa shape index (κ2) is 5.95. The Hall–Kier alpha value is -1.32. The van der Waals surface area contributed by atoms with E-state index in [1.54, 1.807) is 0 Å². The third-order valence-electron chi connectivity index (χ3n) is 6.16. The fraction of sp³-hybridized carbons (Fsp3) is 0.600. The van der Waals surface area contributed by atoms with Crippen molar-refractivity contribution in [3.05, 3.63) is 35.5 Å². The van der Waals surface area contributed by atoms with Crippen LogP contribution in [0.2, 0.25) is 0 Å². The van der Waals surface area contributed by atoms with Crippen LogP contribution < -0.4 is 0 Å². The normalized spacial score (nSPS) is 24.7. The zero-order valence-electron chi connectivity index (χ0n) is 14.8. The van der Waals surface area contributed by atoms with Gasteiger partial charge in [-0.1, -0.05) is 12.1 Å². The second-order valence-corrected chi connectivity index (χ2v) is 7.66. The first-order valence-electron chi connectivity index (χ1n) is 9.11. The Kier molecular flexibility index (Phi) is 3.94. The zero-order chi connectivity index (χ0) is 16.0. The summed E-state index contributed by atoms with van der Waals surface area (Å²) in [7, 11) is 6.75. The molecule has 3 heteroatoms. The predicted molar refractivity (Wildman–Crippen MR) is 97.0 cm³/mol. The van der Waals surface area contributed by atoms with E-state index in [2.05, 4.69) is 59.8 Å². The van der Waals surface area contributed by atoms with Gasteiger partial charge >= 0.3 is 0 Å². The Bertz CT molecular complexity index is 694. The molecule has 1 unspecified atom stereocenters. The maximum atomic E-state index is 2.51. The van der Waals surface area contributed by atoms with E-state index in [1.165, 1.54) is 67.5 Å². The van der Waals surface area contributed by atoms with E-state index in [4.69, 9.17) is 0 Å². The molecular weight excluding hydrogens is 282 g/mol. The van der Waals surface area contributed by atoms with Crippen molar-refractivity contribution in [1.29, 1.82) is 0 Å². The van der Waals surface area contributed by atoms with Crippen LogP contribution in [0.3, 0.4) is 0 Å². The van der Waals surface area contributed by atoms with Crippen LogP contribution in [0.5, 0.6) is 0 Å². The number of nitrogens with zero attached hydrogens (tertiary/aromatic N) is 3. The van der Waals surface area contributed by atoms with Gasteiger partial charge in [-0.15, -0.1) is 0 Å². The largest absolute Gasteiger partial charge is 0.346 e. The molecule has 1 aromatic heterocycles. The van der Waals surface area contributed by atoms with Crippen molar-refractivity contribution in [2.45, 2.75) is 37.6 Å². The first kappa shape index (κ1) is 15.2. The Morgan fingerprint density at radius 3 is 2.39 bits per heavy atom. The fourth-order valence-corrected chi connectivity index (χ4v) is 4.57. The van der Waals surface area contributed by atoms with Crippen LogP contribution in [-0.4, -0.2) is 48.1 Å². The first-order chi connectivity index (χ1) is 11.1. The molecule has 0 radical (unpaired) electrons. The molecule has 1 atom stereocenters. The number of benzene rings is 1. The number of aryl methyl sites for hydroxylation is 1. The van der Waals surface area contributed by atoms with Gasteiger partial charge in [0.25, 0.3) is 0 Å². The van der Waals surface area contributed by atoms with E-state index in [0.29, 0.717) is 6.04 Å². The van der Waals surface area contributed by atoms with Crippen molar-refractivity contribution in [2.24, 2.45) is 7.05 Å². The van der Waals surface area contributed by atoms with Gasteiger partial charge in [0.1, 0.15) is 0 Å². The van der Waals surface area contributed by atoms with E-state index < -0.39 is 0 Å². The third kappa shape index (κ3) is 2.70. The van der Waals surface area contributed by atoms with Crippen LogP contribution in [0.15, 0.2) is 24.3 Å². The molecule has 124 valence electrons. The first-order valence-corrected chi connectivity index (χ1v) is 9.11. The predicted octanol–water partition coefficient (Wildman–Crippen LogP) is 3.75. The maximum absolute atomic E-state index is 2.51. The summed E-state index contributed by atoms with van der Waals surface area (Å²) in [5.41, 5.74) is 4.44. The highest BCUT2D eigenvalue weighted by atomic mass is 15.2. The van der Waals surface area contributed by atoms with E-state index >= 15 is 0 Å². The van der Waals surface area contributed by atoms with Gasteiger partial charge in [0.15, 0.2) is 0 Å². The van der Waals surface area contributed by atoms with Crippen molar-refractivity contribution in [2.75, 3.05) is 33.7 Å². The van der Waals surface area contributed by atoms with Gasteiger partial charge in [-0.25, -0.2) is 0 Å². The minimum absolute atomic E-state index is 0.596. The van der Waals surface area contributed by atoms with E-state index in [1.807, 2.05) is 0 Å². The van der Waals surface area contributed by atoms with Crippen molar-refractivity contribution in [1.82, 2.24) is 14.4 Å². The van der Waals surface area contributed by atoms with Crippen LogP contribution in [-0.2, 0) is 7.05 Å². The molecule has 0 amide bonds. The average Bonchev–Trinajstić information content (AvgIpc) is 3.11. The molecule has 3 nitrogen and oxygen atoms in total. The molecule has 2 aliphatic heterocycles. The lowest BCUT2D eigenvalue weighted by atomic mass is 9.89. The molecule has 0 spiro atoms. The SMILES string of the molecule is CN1CCC(c2ccc3cc(C4CCCN4C)n(C)c3c2)CC1. The average molecular weight is 311 g/mol. The molecule has 3 heterocycles. The van der Waals surface area contributed by atoms with Crippen molar-refractivity contribution in [3.63, 3.8) is 0 Å². The summed E-state index contributed by atoms with van der Waals surface area (Å²) in [6.45, 7) is 3.69. The van der Waals surface area contributed by atoms with Crippen molar-refractivity contribution < 1.29 is 0 Å². The summed E-state index contributed by atoms with van der Waals surface area (Å²) < 4.78 is 2.44. The highest BCUT2D eigenvalue weighted by Crippen LogP contribution is 2.35. The summed E-state index contributed by atoms with van der Waals surface area (Å²) in [6, 6.07) is 10.2. The van der Waals surface area contributed by atoms with Crippen LogP contribution in [0.25, 0.3) is 10.9 Å². The van der Waals surface area contributed by atoms with Crippen LogP contribution in [0.1, 0.15) is 48.9 Å². The summed E-state index contributed by atoms with van der Waals surface area (Å²) in [6.07, 6.45) is 5.21. The zero-order valence-corrected chi connectivity index (χ0v) is 14.8. The van der Waals surface area contributed by atoms with Crippen LogP contribution in [0, 0.1) is 0 Å². The molecule has 0 bridgehead atoms. The number of fused-ring (bicyclic) bond motifs is 1. The number of rotatable bonds is 2. The molecule has 2 fully saturated rings. The number of piperidine rings is 1. The quantitative estimate of drug-likeness (QED) is 0.837. The van der Waals surface area contributed by atoms with E-state index in [9.17, 15) is 0 Å². The highest BCUT2D eigenvalue weighted by molar-refractivity contribution is 5.82. The van der Waals surface area contributed by atoms with Crippen molar-refractivity contribution >= 4 is 10.9 Å². The molecule has 1 aromatic carbocycles. The molecule has 0 N–H and O–H groups in total. The van der Waals surface area contributed by atoms with Gasteiger partial charge in [-0.2, -0.15) is 0 Å². The molecule has 0 saturated carbocycles. The Morgan fingerprint density at radius 1 is 0.913 bits per heavy atom. The van der Waals surface area contributed by atoms with Crippen LogP contribution in [0.4, 0.5) is 0 Å². The van der Waals surface area contributed by atoms with Gasteiger partial charge < -0.3 is 9.47 Å². The minimum atomic E-state index is 0.596. The molecule has 0 aliphatic carbocycles. The van der Waals surface area contributed by atoms with Gasteiger partial charge in [-0.3, -0.25) is 4.90 Å². The highest BCUT2D eigenvalue weighted by Gasteiger charge is 2.26. The maximum Gasteiger partial charge on any atom is 0.0498 e. The fourth-order valence-electron chi connectivity index (χ4n) is 4.57. The van der Waals surface area contributed by atoms with Gasteiger partial charge in [0, 0.05) is 24.3 Å². The van der Waals surface area contributed by atoms with Gasteiger partial charge in [0.05, 0.1) is 0 Å². The van der Waals surface area contributed by atoms with Gasteiger partial charge in [0.2, 0.25) is 0 Å². The molecular formula is C20H29N3. The third-order valence-corrected chi connectivity index (χ3v) is 6.16. The Labute approximate surface area is 139 Å². The summed E-state index contributed by atoms with van der Waals surface area (Å²) in [5.74, 6) is 0.739. The second-order valence-electron chi connectivity index (χ2n) is 7.66. The smallest absolute Gasteiger partial charge is 0.0498 e. The van der Waals surface area contributed by atoms with E-state index in [0.717, 1.165) is 5.92 Å². The number of aromatic nitrogens is 1. The van der Waals surface area contributed by atoms with Gasteiger partial charge in [-0.05, 0) is 88.4 Å². The minimum Gasteiger partial charge on any atom is -0.346 e. The monoisotopic (exact) mass is 311 g/mol. The summed E-state index contributed by atoms with van der Waals surface area (Å²) >= 11 is 0. The lowest BCUT2D eigenvalue weighted by Gasteiger charge is -2.29. The number of hydrogen-bond donors (Lipinski definition) is 0. The number of likely N-dealkylation sites (tertiary alicyclic amines) is 2. The standard InChI is InChI=1S/C20H29N3/c1-21-11-8-15(9-12-21)16-6-7-17-14-20(23(3)19(17)13-16)18-5-4-10-22(18)2/h6-7,13-15,18H,4-5,8-12H2,1-3H3.